The maximum absolute atomic E-state index is 11.7. The maximum Gasteiger partial charge on any atom is 0.270 e. The Hall–Kier alpha value is -3.26. The zero-order chi connectivity index (χ0) is 17.8. The van der Waals surface area contributed by atoms with Gasteiger partial charge in [-0.2, -0.15) is 0 Å². The fourth-order valence-corrected chi connectivity index (χ4v) is 3.01. The van der Waals surface area contributed by atoms with Gasteiger partial charge in [-0.15, -0.1) is 0 Å². The lowest BCUT2D eigenvalue weighted by Crippen LogP contribution is -2.13. The number of aromatic nitrogens is 1. The van der Waals surface area contributed by atoms with E-state index in [1.165, 1.54) is 11.3 Å². The van der Waals surface area contributed by atoms with E-state index in [2.05, 4.69) is 15.6 Å². The number of carbonyl (C=O) groups excluding carboxylic acids is 1. The summed E-state index contributed by atoms with van der Waals surface area (Å²) < 4.78 is 5.12. The molecule has 128 valence electrons. The Kier molecular flexibility index (Phi) is 4.71. The fraction of sp³-hybridized carbons (Fsp3) is 0.0588. The Balaban J connectivity index is 1.83. The molecule has 0 radical (unpaired) electrons. The third kappa shape index (κ3) is 3.99. The highest BCUT2D eigenvalue weighted by molar-refractivity contribution is 7.20. The number of primary amides is 1. The molecule has 3 aromatic rings. The number of amides is 1. The van der Waals surface area contributed by atoms with Gasteiger partial charge in [0.15, 0.2) is 10.8 Å². The predicted octanol–water partition coefficient (Wildman–Crippen LogP) is 3.44. The average molecular weight is 356 g/mol. The van der Waals surface area contributed by atoms with Crippen LogP contribution in [0.2, 0.25) is 0 Å². The molecule has 0 bridgehead atoms. The number of phenols is 1. The molecule has 0 unspecified atom stereocenters. The first-order valence-electron chi connectivity index (χ1n) is 7.33. The molecule has 0 saturated heterocycles. The van der Waals surface area contributed by atoms with Crippen molar-refractivity contribution in [1.29, 1.82) is 0 Å². The number of ether oxygens (including phenoxy) is 1. The predicted molar refractivity (Wildman–Crippen MR) is 98.3 cm³/mol. The highest BCUT2D eigenvalue weighted by atomic mass is 32.1. The second kappa shape index (κ2) is 7.10. The molecule has 0 saturated carbocycles. The van der Waals surface area contributed by atoms with Crippen molar-refractivity contribution < 1.29 is 14.6 Å². The number of benzene rings is 2. The first kappa shape index (κ1) is 16.6. The minimum Gasteiger partial charge on any atom is -0.508 e. The molecule has 0 fully saturated rings. The lowest BCUT2D eigenvalue weighted by atomic mass is 10.3. The fourth-order valence-electron chi connectivity index (χ4n) is 2.10. The van der Waals surface area contributed by atoms with E-state index in [0.29, 0.717) is 15.8 Å². The van der Waals surface area contributed by atoms with E-state index in [0.717, 1.165) is 11.4 Å². The molecule has 2 aromatic carbocycles. The molecular formula is C17H16N4O3S. The van der Waals surface area contributed by atoms with Crippen LogP contribution >= 0.6 is 11.3 Å². The quantitative estimate of drug-likeness (QED) is 0.504. The molecule has 0 atom stereocenters. The third-order valence-corrected chi connectivity index (χ3v) is 4.21. The summed E-state index contributed by atoms with van der Waals surface area (Å²) in [7, 11) is 1.60. The Morgan fingerprint density at radius 2 is 1.68 bits per heavy atom. The van der Waals surface area contributed by atoms with E-state index >= 15 is 0 Å². The van der Waals surface area contributed by atoms with Gasteiger partial charge in [-0.3, -0.25) is 4.79 Å². The number of hydrogen-bond donors (Lipinski definition) is 4. The summed E-state index contributed by atoms with van der Waals surface area (Å²) in [6.07, 6.45) is 0. The van der Waals surface area contributed by atoms with Crippen LogP contribution in [0.1, 0.15) is 10.5 Å². The molecular weight excluding hydrogens is 340 g/mol. The van der Waals surface area contributed by atoms with Crippen molar-refractivity contribution in [2.45, 2.75) is 0 Å². The van der Waals surface area contributed by atoms with E-state index in [1.54, 1.807) is 31.4 Å². The van der Waals surface area contributed by atoms with Crippen molar-refractivity contribution in [2.75, 3.05) is 17.7 Å². The summed E-state index contributed by atoms with van der Waals surface area (Å²) in [4.78, 5) is 15.9. The van der Waals surface area contributed by atoms with Crippen LogP contribution in [0.25, 0.3) is 0 Å². The first-order chi connectivity index (χ1) is 12.0. The monoisotopic (exact) mass is 356 g/mol. The largest absolute Gasteiger partial charge is 0.508 e. The number of aromatic hydroxyl groups is 1. The first-order valence-corrected chi connectivity index (χ1v) is 8.14. The Morgan fingerprint density at radius 1 is 1.08 bits per heavy atom. The van der Waals surface area contributed by atoms with Crippen LogP contribution in [0, 0.1) is 0 Å². The second-order valence-electron chi connectivity index (χ2n) is 5.09. The number of nitrogens with zero attached hydrogens (tertiary/aromatic N) is 1. The van der Waals surface area contributed by atoms with Gasteiger partial charge < -0.3 is 26.2 Å². The van der Waals surface area contributed by atoms with E-state index in [1.807, 2.05) is 24.3 Å². The zero-order valence-electron chi connectivity index (χ0n) is 13.3. The molecule has 0 aliphatic rings. The number of thiazole rings is 1. The number of carbonyl (C=O) groups is 1. The van der Waals surface area contributed by atoms with E-state index < -0.39 is 5.91 Å². The van der Waals surface area contributed by atoms with Crippen molar-refractivity contribution in [1.82, 2.24) is 4.98 Å². The van der Waals surface area contributed by atoms with Gasteiger partial charge in [-0.1, -0.05) is 11.3 Å². The number of phenolic OH excluding ortho intramolecular Hbond substituents is 1. The number of anilines is 4. The molecule has 3 rings (SSSR count). The van der Waals surface area contributed by atoms with Gasteiger partial charge in [0.05, 0.1) is 7.11 Å². The highest BCUT2D eigenvalue weighted by Crippen LogP contribution is 2.33. The summed E-state index contributed by atoms with van der Waals surface area (Å²) in [5, 5.41) is 16.6. The third-order valence-electron chi connectivity index (χ3n) is 3.33. The van der Waals surface area contributed by atoms with E-state index in [4.69, 9.17) is 10.5 Å². The highest BCUT2D eigenvalue weighted by Gasteiger charge is 2.16. The van der Waals surface area contributed by atoms with Crippen LogP contribution in [0.3, 0.4) is 0 Å². The summed E-state index contributed by atoms with van der Waals surface area (Å²) in [5.41, 5.74) is 7.08. The number of rotatable bonds is 6. The van der Waals surface area contributed by atoms with Crippen molar-refractivity contribution >= 4 is 38.8 Å². The van der Waals surface area contributed by atoms with E-state index in [-0.39, 0.29) is 11.4 Å². The van der Waals surface area contributed by atoms with Gasteiger partial charge in [0.1, 0.15) is 16.5 Å². The lowest BCUT2D eigenvalue weighted by Gasteiger charge is -2.04. The number of nitrogens with two attached hydrogens (primary N) is 1. The van der Waals surface area contributed by atoms with Gasteiger partial charge in [-0.05, 0) is 48.5 Å². The second-order valence-corrected chi connectivity index (χ2v) is 6.09. The van der Waals surface area contributed by atoms with Crippen molar-refractivity contribution in [3.8, 4) is 11.5 Å². The molecule has 5 N–H and O–H groups in total. The molecule has 1 amide bonds. The maximum atomic E-state index is 11.7. The lowest BCUT2D eigenvalue weighted by molar-refractivity contribution is 0.0997. The molecule has 7 nitrogen and oxygen atoms in total. The van der Waals surface area contributed by atoms with Gasteiger partial charge in [0, 0.05) is 11.4 Å². The minimum absolute atomic E-state index is 0.147. The Morgan fingerprint density at radius 3 is 2.28 bits per heavy atom. The van der Waals surface area contributed by atoms with Crippen LogP contribution < -0.4 is 21.1 Å². The van der Waals surface area contributed by atoms with Crippen LogP contribution in [-0.2, 0) is 0 Å². The number of hydrogen-bond acceptors (Lipinski definition) is 7. The molecule has 1 heterocycles. The topological polar surface area (TPSA) is 110 Å². The van der Waals surface area contributed by atoms with Gasteiger partial charge in [-0.25, -0.2) is 4.98 Å². The normalized spacial score (nSPS) is 10.3. The van der Waals surface area contributed by atoms with Gasteiger partial charge >= 0.3 is 0 Å². The number of methoxy groups -OCH3 is 1. The van der Waals surface area contributed by atoms with Crippen molar-refractivity contribution in [2.24, 2.45) is 5.73 Å². The van der Waals surface area contributed by atoms with Gasteiger partial charge in [0.25, 0.3) is 5.91 Å². The van der Waals surface area contributed by atoms with Crippen LogP contribution in [0.5, 0.6) is 11.5 Å². The summed E-state index contributed by atoms with van der Waals surface area (Å²) in [6, 6.07) is 13.8. The molecule has 0 aliphatic carbocycles. The van der Waals surface area contributed by atoms with Crippen LogP contribution in [0.4, 0.5) is 21.5 Å². The molecule has 0 aliphatic heterocycles. The standard InChI is InChI=1S/C17H16N4O3S/c1-24-13-8-4-11(5-9-13)20-17-21-14(15(18)23)16(25-17)19-10-2-6-12(22)7-3-10/h2-9,19,22H,1H3,(H2,18,23)(H,20,21). The molecule has 8 heteroatoms. The number of nitrogens with one attached hydrogen (secondary N) is 2. The minimum atomic E-state index is -0.625. The van der Waals surface area contributed by atoms with Gasteiger partial charge in [0.2, 0.25) is 0 Å². The average Bonchev–Trinajstić information content (AvgIpc) is 3.00. The Bertz CT molecular complexity index is 876. The molecule has 25 heavy (non-hydrogen) atoms. The van der Waals surface area contributed by atoms with Crippen LogP contribution in [-0.4, -0.2) is 23.1 Å². The summed E-state index contributed by atoms with van der Waals surface area (Å²) in [5.74, 6) is 0.282. The van der Waals surface area contributed by atoms with Crippen LogP contribution in [0.15, 0.2) is 48.5 Å². The smallest absolute Gasteiger partial charge is 0.270 e. The zero-order valence-corrected chi connectivity index (χ0v) is 14.1. The summed E-state index contributed by atoms with van der Waals surface area (Å²) >= 11 is 1.26. The molecule has 1 aromatic heterocycles. The SMILES string of the molecule is COc1ccc(Nc2nc(C(N)=O)c(Nc3ccc(O)cc3)s2)cc1. The van der Waals surface area contributed by atoms with Crippen molar-refractivity contribution in [3.63, 3.8) is 0 Å². The summed E-state index contributed by atoms with van der Waals surface area (Å²) in [6.45, 7) is 0. The van der Waals surface area contributed by atoms with Crippen molar-refractivity contribution in [3.05, 3.63) is 54.2 Å². The molecule has 0 spiro atoms. The Labute approximate surface area is 148 Å². The van der Waals surface area contributed by atoms with E-state index in [9.17, 15) is 9.90 Å².